The summed E-state index contributed by atoms with van der Waals surface area (Å²) in [5.74, 6) is 0.917. The molecule has 27 heavy (non-hydrogen) atoms. The summed E-state index contributed by atoms with van der Waals surface area (Å²) in [4.78, 5) is 9.01. The van der Waals surface area contributed by atoms with Gasteiger partial charge in [-0.1, -0.05) is 25.0 Å². The molecule has 6 heteroatoms. The predicted molar refractivity (Wildman–Crippen MR) is 110 cm³/mol. The van der Waals surface area contributed by atoms with Crippen molar-refractivity contribution in [1.29, 1.82) is 0 Å². The molecule has 2 aliphatic rings. The molecule has 2 aromatic heterocycles. The molecule has 0 aliphatic carbocycles. The van der Waals surface area contributed by atoms with Gasteiger partial charge >= 0.3 is 6.85 Å². The number of para-hydroxylation sites is 1. The molecule has 0 saturated heterocycles. The number of nitrogens with zero attached hydrogens (tertiary/aromatic N) is 4. The Morgan fingerprint density at radius 1 is 1.07 bits per heavy atom. The highest BCUT2D eigenvalue weighted by molar-refractivity contribution is 6.73. The molecule has 0 unspecified atom stereocenters. The summed E-state index contributed by atoms with van der Waals surface area (Å²) in [6, 6.07) is 14.5. The molecule has 0 radical (unpaired) electrons. The average molecular weight is 356 g/mol. The van der Waals surface area contributed by atoms with Crippen LogP contribution in [-0.2, 0) is 0 Å². The highest BCUT2D eigenvalue weighted by Gasteiger charge is 2.38. The fourth-order valence-corrected chi connectivity index (χ4v) is 4.24. The Labute approximate surface area is 159 Å². The average Bonchev–Trinajstić information content (AvgIpc) is 3.23. The van der Waals surface area contributed by atoms with E-state index in [1.54, 1.807) is 6.20 Å². The largest absolute Gasteiger partial charge is 0.439 e. The van der Waals surface area contributed by atoms with Crippen molar-refractivity contribution < 1.29 is 4.42 Å². The first-order valence-corrected chi connectivity index (χ1v) is 9.30. The number of pyridine rings is 1. The van der Waals surface area contributed by atoms with Crippen LogP contribution < -0.4 is 10.4 Å². The summed E-state index contributed by atoms with van der Waals surface area (Å²) in [7, 11) is 0. The van der Waals surface area contributed by atoms with E-state index in [2.05, 4.69) is 89.3 Å². The summed E-state index contributed by atoms with van der Waals surface area (Å²) in [6.07, 6.45) is 8.36. The maximum Gasteiger partial charge on any atom is 0.315 e. The van der Waals surface area contributed by atoms with Crippen LogP contribution in [0.5, 0.6) is 0 Å². The summed E-state index contributed by atoms with van der Waals surface area (Å²) < 4.78 is 6.00. The number of anilines is 1. The second-order valence-electron chi connectivity index (χ2n) is 7.10. The molecule has 0 spiro atoms. The van der Waals surface area contributed by atoms with Gasteiger partial charge in [-0.3, -0.25) is 5.01 Å². The smallest absolute Gasteiger partial charge is 0.315 e. The van der Waals surface area contributed by atoms with Crippen LogP contribution in [-0.4, -0.2) is 27.9 Å². The van der Waals surface area contributed by atoms with E-state index < -0.39 is 0 Å². The minimum absolute atomic E-state index is 0.151. The quantitative estimate of drug-likeness (QED) is 0.651. The summed E-state index contributed by atoms with van der Waals surface area (Å²) in [5, 5.41) is 3.38. The molecule has 3 aromatic rings. The van der Waals surface area contributed by atoms with Gasteiger partial charge in [-0.15, -0.1) is 0 Å². The van der Waals surface area contributed by atoms with Gasteiger partial charge in [0.25, 0.3) is 0 Å². The van der Waals surface area contributed by atoms with Crippen molar-refractivity contribution in [1.82, 2.24) is 14.9 Å². The maximum absolute atomic E-state index is 6.00. The number of furan rings is 1. The molecule has 5 nitrogen and oxygen atoms in total. The normalized spacial score (nSPS) is 19.1. The molecule has 2 aliphatic heterocycles. The molecule has 0 amide bonds. The number of hydrogen-bond donors (Lipinski definition) is 0. The first-order chi connectivity index (χ1) is 13.1. The second kappa shape index (κ2) is 5.94. The number of benzene rings is 1. The van der Waals surface area contributed by atoms with E-state index in [0.29, 0.717) is 5.71 Å². The topological polar surface area (TPSA) is 35.8 Å². The number of rotatable bonds is 2. The number of fused-ring (bicyclic) bond motifs is 3. The van der Waals surface area contributed by atoms with E-state index in [0.717, 1.165) is 16.8 Å². The van der Waals surface area contributed by atoms with Crippen LogP contribution in [0.1, 0.15) is 19.6 Å². The lowest BCUT2D eigenvalue weighted by Crippen LogP contribution is -2.57. The zero-order chi connectivity index (χ0) is 18.5. The highest BCUT2D eigenvalue weighted by atomic mass is 16.3. The Bertz CT molecular complexity index is 1060. The van der Waals surface area contributed by atoms with Gasteiger partial charge in [0.1, 0.15) is 11.9 Å². The van der Waals surface area contributed by atoms with Gasteiger partial charge in [-0.05, 0) is 44.2 Å². The molecule has 5 rings (SSSR count). The Morgan fingerprint density at radius 3 is 2.70 bits per heavy atom. The Balaban J connectivity index is 1.52. The number of allylic oxidation sites excluding steroid dienone is 1. The predicted octanol–water partition coefficient (Wildman–Crippen LogP) is 3.89. The van der Waals surface area contributed by atoms with Crippen LogP contribution in [0.25, 0.3) is 17.2 Å². The van der Waals surface area contributed by atoms with Crippen molar-refractivity contribution in [3.8, 4) is 0 Å². The number of hydrogen-bond acceptors (Lipinski definition) is 5. The Kier molecular flexibility index (Phi) is 3.54. The molecule has 134 valence electrons. The van der Waals surface area contributed by atoms with Crippen molar-refractivity contribution in [2.75, 3.05) is 4.90 Å². The Morgan fingerprint density at radius 2 is 1.89 bits per heavy atom. The minimum Gasteiger partial charge on any atom is -0.439 e. The summed E-state index contributed by atoms with van der Waals surface area (Å²) >= 11 is 0. The van der Waals surface area contributed by atoms with Gasteiger partial charge < -0.3 is 14.2 Å². The zero-order valence-electron chi connectivity index (χ0n) is 15.7. The Hall–Kier alpha value is -3.15. The molecular formula is C21H21BN4O. The van der Waals surface area contributed by atoms with E-state index in [9.17, 15) is 0 Å². The standard InChI is InChI=1S/C21H21BN4O/c1-15-14-19-20(18-10-7-11-23-21(18)27-19)22(3)26(15)25-13-12-24(16(25)2)17-8-5-4-6-9-17/h4-14,16H,1-3H3/t16-/m0/s1. The van der Waals surface area contributed by atoms with Crippen LogP contribution >= 0.6 is 0 Å². The first-order valence-electron chi connectivity index (χ1n) is 9.30. The highest BCUT2D eigenvalue weighted by Crippen LogP contribution is 2.31. The van der Waals surface area contributed by atoms with E-state index >= 15 is 0 Å². The van der Waals surface area contributed by atoms with Crippen molar-refractivity contribution in [3.63, 3.8) is 0 Å². The molecule has 4 heterocycles. The minimum atomic E-state index is 0.151. The van der Waals surface area contributed by atoms with Gasteiger partial charge in [0.2, 0.25) is 5.71 Å². The monoisotopic (exact) mass is 356 g/mol. The lowest BCUT2D eigenvalue weighted by Gasteiger charge is -2.44. The van der Waals surface area contributed by atoms with Crippen molar-refractivity contribution in [2.45, 2.75) is 26.8 Å². The lowest BCUT2D eigenvalue weighted by atomic mass is 9.55. The lowest BCUT2D eigenvalue weighted by molar-refractivity contribution is 0.122. The van der Waals surface area contributed by atoms with Crippen molar-refractivity contribution in [2.24, 2.45) is 0 Å². The van der Waals surface area contributed by atoms with E-state index in [-0.39, 0.29) is 13.0 Å². The molecule has 0 N–H and O–H groups in total. The molecule has 1 aromatic carbocycles. The van der Waals surface area contributed by atoms with Crippen molar-refractivity contribution in [3.05, 3.63) is 72.5 Å². The molecule has 0 bridgehead atoms. The van der Waals surface area contributed by atoms with Crippen LogP contribution in [0.15, 0.2) is 71.2 Å². The van der Waals surface area contributed by atoms with Gasteiger partial charge in [0.15, 0.2) is 0 Å². The van der Waals surface area contributed by atoms with E-state index in [4.69, 9.17) is 4.42 Å². The molecule has 0 fully saturated rings. The van der Waals surface area contributed by atoms with Crippen LogP contribution in [0.4, 0.5) is 5.69 Å². The fraction of sp³-hybridized carbons (Fsp3) is 0.190. The number of hydrazine groups is 1. The fourth-order valence-electron chi connectivity index (χ4n) is 4.24. The van der Waals surface area contributed by atoms with Crippen LogP contribution in [0.2, 0.25) is 6.82 Å². The molecule has 0 saturated carbocycles. The first kappa shape index (κ1) is 16.1. The van der Waals surface area contributed by atoms with Crippen LogP contribution in [0, 0.1) is 0 Å². The SMILES string of the molecule is CB1c2c(oc3ncccc23)C=C(C)N1N1C=CN(c2ccccc2)[C@@H]1C. The zero-order valence-corrected chi connectivity index (χ0v) is 15.7. The van der Waals surface area contributed by atoms with Gasteiger partial charge in [0, 0.05) is 40.8 Å². The maximum atomic E-state index is 6.00. The summed E-state index contributed by atoms with van der Waals surface area (Å²) in [5.41, 5.74) is 4.24. The van der Waals surface area contributed by atoms with Gasteiger partial charge in [-0.25, -0.2) is 4.98 Å². The third-order valence-electron chi connectivity index (χ3n) is 5.49. The molecular weight excluding hydrogens is 335 g/mol. The van der Waals surface area contributed by atoms with Crippen molar-refractivity contribution >= 4 is 35.2 Å². The van der Waals surface area contributed by atoms with E-state index in [1.807, 2.05) is 12.1 Å². The third-order valence-corrected chi connectivity index (χ3v) is 5.49. The summed E-state index contributed by atoms with van der Waals surface area (Å²) in [6.45, 7) is 6.73. The third kappa shape index (κ3) is 2.36. The van der Waals surface area contributed by atoms with Gasteiger partial charge in [-0.2, -0.15) is 0 Å². The van der Waals surface area contributed by atoms with Crippen LogP contribution in [0.3, 0.4) is 0 Å². The van der Waals surface area contributed by atoms with E-state index in [1.165, 1.54) is 11.2 Å². The second-order valence-corrected chi connectivity index (χ2v) is 7.10. The van der Waals surface area contributed by atoms with Gasteiger partial charge in [0.05, 0.1) is 0 Å². The molecule has 1 atom stereocenters. The number of aromatic nitrogens is 1.